The molecule has 1 aromatic carbocycles. The first-order valence-electron chi connectivity index (χ1n) is 9.60. The summed E-state index contributed by atoms with van der Waals surface area (Å²) in [6.07, 6.45) is 3.35. The molecule has 1 aromatic rings. The first-order chi connectivity index (χ1) is 12.9. The van der Waals surface area contributed by atoms with Crippen molar-refractivity contribution in [2.45, 2.75) is 56.6 Å². The Morgan fingerprint density at radius 1 is 1.30 bits per heavy atom. The summed E-state index contributed by atoms with van der Waals surface area (Å²) in [6, 6.07) is 6.00. The molecule has 27 heavy (non-hydrogen) atoms. The fraction of sp³-hybridized carbons (Fsp3) is 0.632. The number of amides is 1. The summed E-state index contributed by atoms with van der Waals surface area (Å²) >= 11 is 0. The second kappa shape index (κ2) is 10.2. The maximum absolute atomic E-state index is 12.7. The van der Waals surface area contributed by atoms with Crippen LogP contribution in [0, 0.1) is 0 Å². The first-order valence-corrected chi connectivity index (χ1v) is 11.1. The van der Waals surface area contributed by atoms with Crippen molar-refractivity contribution in [3.63, 3.8) is 0 Å². The minimum absolute atomic E-state index is 0.0748. The van der Waals surface area contributed by atoms with Gasteiger partial charge in [-0.1, -0.05) is 6.92 Å². The van der Waals surface area contributed by atoms with Gasteiger partial charge in [-0.2, -0.15) is 0 Å². The van der Waals surface area contributed by atoms with Crippen LogP contribution in [0.3, 0.4) is 0 Å². The summed E-state index contributed by atoms with van der Waals surface area (Å²) in [7, 11) is -3.56. The molecule has 0 bridgehead atoms. The Bertz CT molecular complexity index is 698. The van der Waals surface area contributed by atoms with Gasteiger partial charge >= 0.3 is 0 Å². The highest BCUT2D eigenvalue weighted by atomic mass is 32.2. The summed E-state index contributed by atoms with van der Waals surface area (Å²) in [4.78, 5) is 14.6. The zero-order valence-electron chi connectivity index (χ0n) is 16.2. The molecule has 7 nitrogen and oxygen atoms in total. The van der Waals surface area contributed by atoms with E-state index in [-0.39, 0.29) is 22.9 Å². The molecule has 1 fully saturated rings. The number of ether oxygens (including phenoxy) is 1. The summed E-state index contributed by atoms with van der Waals surface area (Å²) in [5, 5.41) is 0. The van der Waals surface area contributed by atoms with E-state index in [2.05, 4.69) is 4.72 Å². The molecule has 0 aromatic heterocycles. The molecule has 2 rings (SSSR count). The second-order valence-corrected chi connectivity index (χ2v) is 8.67. The molecule has 1 atom stereocenters. The molecule has 0 radical (unpaired) electrons. The Hall–Kier alpha value is -1.48. The zero-order valence-corrected chi connectivity index (χ0v) is 17.0. The smallest absolute Gasteiger partial charge is 0.253 e. The number of hydrogen-bond acceptors (Lipinski definition) is 5. The van der Waals surface area contributed by atoms with Crippen LogP contribution in [0.4, 0.5) is 0 Å². The zero-order chi connectivity index (χ0) is 19.9. The largest absolute Gasteiger partial charge is 0.378 e. The lowest BCUT2D eigenvalue weighted by molar-refractivity contribution is 0.00844. The van der Waals surface area contributed by atoms with Crippen molar-refractivity contribution in [1.29, 1.82) is 0 Å². The van der Waals surface area contributed by atoms with Gasteiger partial charge in [-0.15, -0.1) is 0 Å². The van der Waals surface area contributed by atoms with Crippen LogP contribution in [0.25, 0.3) is 0 Å². The van der Waals surface area contributed by atoms with E-state index in [4.69, 9.17) is 10.5 Å². The van der Waals surface area contributed by atoms with E-state index in [1.165, 1.54) is 12.1 Å². The minimum Gasteiger partial charge on any atom is -0.378 e. The quantitative estimate of drug-likeness (QED) is 0.618. The highest BCUT2D eigenvalue weighted by molar-refractivity contribution is 7.89. The van der Waals surface area contributed by atoms with Crippen LogP contribution >= 0.6 is 0 Å². The Balaban J connectivity index is 1.92. The molecule has 1 aliphatic heterocycles. The predicted molar refractivity (Wildman–Crippen MR) is 105 cm³/mol. The third kappa shape index (κ3) is 6.27. The molecule has 1 amide bonds. The summed E-state index contributed by atoms with van der Waals surface area (Å²) in [5.41, 5.74) is 5.96. The third-order valence-corrected chi connectivity index (χ3v) is 6.42. The van der Waals surface area contributed by atoms with Crippen LogP contribution in [0.1, 0.15) is 49.9 Å². The maximum Gasteiger partial charge on any atom is 0.253 e. The van der Waals surface area contributed by atoms with Crippen LogP contribution in [-0.2, 0) is 14.8 Å². The molecule has 0 aliphatic carbocycles. The SMILES string of the molecule is CCC(C)NS(=O)(=O)c1ccc(C(=O)N2CCC(OCCCN)CC2)cc1. The van der Waals surface area contributed by atoms with Crippen molar-refractivity contribution in [3.8, 4) is 0 Å². The van der Waals surface area contributed by atoms with Gasteiger partial charge in [0.1, 0.15) is 0 Å². The lowest BCUT2D eigenvalue weighted by Gasteiger charge is -2.32. The van der Waals surface area contributed by atoms with Crippen molar-refractivity contribution in [2.75, 3.05) is 26.2 Å². The van der Waals surface area contributed by atoms with Crippen molar-refractivity contribution in [1.82, 2.24) is 9.62 Å². The average molecular weight is 398 g/mol. The summed E-state index contributed by atoms with van der Waals surface area (Å²) in [5.74, 6) is -0.0748. The number of nitrogens with one attached hydrogen (secondary N) is 1. The van der Waals surface area contributed by atoms with E-state index in [0.29, 0.717) is 38.2 Å². The van der Waals surface area contributed by atoms with Gasteiger partial charge in [-0.3, -0.25) is 4.79 Å². The van der Waals surface area contributed by atoms with Crippen molar-refractivity contribution >= 4 is 15.9 Å². The van der Waals surface area contributed by atoms with Gasteiger partial charge in [0.2, 0.25) is 10.0 Å². The number of rotatable bonds is 9. The monoisotopic (exact) mass is 397 g/mol. The summed E-state index contributed by atoms with van der Waals surface area (Å²) < 4.78 is 33.0. The molecular formula is C19H31N3O4S. The molecule has 152 valence electrons. The third-order valence-electron chi connectivity index (χ3n) is 4.81. The lowest BCUT2D eigenvalue weighted by Crippen LogP contribution is -2.41. The number of nitrogens with zero attached hydrogens (tertiary/aromatic N) is 1. The number of carbonyl (C=O) groups is 1. The molecule has 8 heteroatoms. The fourth-order valence-electron chi connectivity index (χ4n) is 2.93. The van der Waals surface area contributed by atoms with E-state index in [1.54, 1.807) is 17.0 Å². The molecule has 3 N–H and O–H groups in total. The molecule has 1 aliphatic rings. The maximum atomic E-state index is 12.7. The Morgan fingerprint density at radius 3 is 2.48 bits per heavy atom. The Labute approximate surface area is 162 Å². The molecule has 1 heterocycles. The topological polar surface area (TPSA) is 102 Å². The molecule has 1 saturated heterocycles. The molecule has 1 unspecified atom stereocenters. The van der Waals surface area contributed by atoms with E-state index < -0.39 is 10.0 Å². The van der Waals surface area contributed by atoms with Gasteiger partial charge in [0, 0.05) is 31.3 Å². The number of likely N-dealkylation sites (tertiary alicyclic amines) is 1. The average Bonchev–Trinajstić information content (AvgIpc) is 2.68. The number of carbonyl (C=O) groups excluding carboxylic acids is 1. The number of benzene rings is 1. The van der Waals surface area contributed by atoms with Crippen LogP contribution in [0.5, 0.6) is 0 Å². The fourth-order valence-corrected chi connectivity index (χ4v) is 4.26. The van der Waals surface area contributed by atoms with Crippen LogP contribution < -0.4 is 10.5 Å². The molecular weight excluding hydrogens is 366 g/mol. The number of hydrogen-bond donors (Lipinski definition) is 2. The van der Waals surface area contributed by atoms with Gasteiger partial charge in [0.05, 0.1) is 11.0 Å². The van der Waals surface area contributed by atoms with E-state index in [0.717, 1.165) is 19.3 Å². The number of sulfonamides is 1. The van der Waals surface area contributed by atoms with Gasteiger partial charge in [0.25, 0.3) is 5.91 Å². The first kappa shape index (κ1) is 21.8. The normalized spacial score (nSPS) is 17.1. The Morgan fingerprint density at radius 2 is 1.93 bits per heavy atom. The van der Waals surface area contributed by atoms with Crippen molar-refractivity contribution in [3.05, 3.63) is 29.8 Å². The standard InChI is InChI=1S/C19H31N3O4S/c1-3-15(2)21-27(24,25)18-7-5-16(6-8-18)19(23)22-12-9-17(10-13-22)26-14-4-11-20/h5-8,15,17,21H,3-4,9-14,20H2,1-2H3. The molecule has 0 saturated carbocycles. The Kier molecular flexibility index (Phi) is 8.22. The van der Waals surface area contributed by atoms with Crippen LogP contribution in [0.2, 0.25) is 0 Å². The highest BCUT2D eigenvalue weighted by Crippen LogP contribution is 2.18. The van der Waals surface area contributed by atoms with E-state index in [9.17, 15) is 13.2 Å². The number of piperidine rings is 1. The van der Waals surface area contributed by atoms with Gasteiger partial charge in [0.15, 0.2) is 0 Å². The van der Waals surface area contributed by atoms with Crippen molar-refractivity contribution < 1.29 is 17.9 Å². The van der Waals surface area contributed by atoms with Crippen LogP contribution in [0.15, 0.2) is 29.2 Å². The summed E-state index contributed by atoms with van der Waals surface area (Å²) in [6.45, 7) is 6.30. The van der Waals surface area contributed by atoms with E-state index in [1.807, 2.05) is 13.8 Å². The van der Waals surface area contributed by atoms with Gasteiger partial charge < -0.3 is 15.4 Å². The number of nitrogens with two attached hydrogens (primary N) is 1. The predicted octanol–water partition coefficient (Wildman–Crippen LogP) is 1.73. The lowest BCUT2D eigenvalue weighted by atomic mass is 10.1. The van der Waals surface area contributed by atoms with E-state index >= 15 is 0 Å². The minimum atomic E-state index is -3.56. The van der Waals surface area contributed by atoms with Crippen LogP contribution in [-0.4, -0.2) is 57.6 Å². The van der Waals surface area contributed by atoms with Gasteiger partial charge in [-0.05, 0) is 63.4 Å². The highest BCUT2D eigenvalue weighted by Gasteiger charge is 2.24. The second-order valence-electron chi connectivity index (χ2n) is 6.96. The molecule has 0 spiro atoms. The van der Waals surface area contributed by atoms with Crippen molar-refractivity contribution in [2.24, 2.45) is 5.73 Å². The van der Waals surface area contributed by atoms with Gasteiger partial charge in [-0.25, -0.2) is 13.1 Å².